The average molecular weight is 315 g/mol. The Morgan fingerprint density at radius 1 is 1.22 bits per heavy atom. The van der Waals surface area contributed by atoms with Crippen molar-refractivity contribution in [1.29, 1.82) is 0 Å². The third kappa shape index (κ3) is 3.12. The maximum absolute atomic E-state index is 11.9. The Hall–Kier alpha value is -2.22. The Bertz CT molecular complexity index is 716. The summed E-state index contributed by atoms with van der Waals surface area (Å²) in [5.41, 5.74) is 0.765. The smallest absolute Gasteiger partial charge is 0.234 e. The number of nitrogens with zero attached hydrogens (tertiary/aromatic N) is 6. The molecule has 0 spiro atoms. The molecule has 1 saturated carbocycles. The first-order chi connectivity index (χ1) is 11.2. The number of aryl methyl sites for hydroxylation is 1. The summed E-state index contributed by atoms with van der Waals surface area (Å²) in [4.78, 5) is 16.3. The van der Waals surface area contributed by atoms with Crippen LogP contribution < -0.4 is 10.2 Å². The van der Waals surface area contributed by atoms with Crippen molar-refractivity contribution in [2.45, 2.75) is 25.8 Å². The fourth-order valence-electron chi connectivity index (χ4n) is 2.89. The van der Waals surface area contributed by atoms with E-state index in [0.29, 0.717) is 12.6 Å². The summed E-state index contributed by atoms with van der Waals surface area (Å²) in [5, 5.41) is 15.7. The Morgan fingerprint density at radius 3 is 2.74 bits per heavy atom. The van der Waals surface area contributed by atoms with Crippen molar-refractivity contribution < 1.29 is 4.79 Å². The van der Waals surface area contributed by atoms with Crippen molar-refractivity contribution >= 4 is 17.4 Å². The Labute approximate surface area is 134 Å². The van der Waals surface area contributed by atoms with Gasteiger partial charge in [-0.05, 0) is 31.9 Å². The first-order valence-corrected chi connectivity index (χ1v) is 8.15. The van der Waals surface area contributed by atoms with Gasteiger partial charge in [-0.15, -0.1) is 15.3 Å². The SMILES string of the molecule is Cc1nnc2ccc(N3CCN(CC(=O)NC4CC4)CC3)nn12. The number of fused-ring (bicyclic) bond motifs is 1. The Kier molecular flexibility index (Phi) is 3.60. The molecule has 2 aromatic rings. The second-order valence-electron chi connectivity index (χ2n) is 6.31. The lowest BCUT2D eigenvalue weighted by Crippen LogP contribution is -2.50. The third-order valence-electron chi connectivity index (χ3n) is 4.41. The zero-order valence-electron chi connectivity index (χ0n) is 13.3. The number of anilines is 1. The third-order valence-corrected chi connectivity index (χ3v) is 4.41. The molecule has 4 rings (SSSR count). The van der Waals surface area contributed by atoms with Gasteiger partial charge < -0.3 is 10.2 Å². The van der Waals surface area contributed by atoms with Gasteiger partial charge in [-0.3, -0.25) is 9.69 Å². The topological polar surface area (TPSA) is 78.7 Å². The predicted octanol–water partition coefficient (Wildman–Crippen LogP) is -0.167. The van der Waals surface area contributed by atoms with E-state index in [4.69, 9.17) is 0 Å². The molecule has 0 atom stereocenters. The molecule has 0 aromatic carbocycles. The number of nitrogens with one attached hydrogen (secondary N) is 1. The molecule has 1 N–H and O–H groups in total. The lowest BCUT2D eigenvalue weighted by Gasteiger charge is -2.34. The van der Waals surface area contributed by atoms with Gasteiger partial charge >= 0.3 is 0 Å². The largest absolute Gasteiger partial charge is 0.353 e. The second-order valence-corrected chi connectivity index (χ2v) is 6.31. The van der Waals surface area contributed by atoms with Crippen molar-refractivity contribution in [3.05, 3.63) is 18.0 Å². The van der Waals surface area contributed by atoms with Gasteiger partial charge in [-0.2, -0.15) is 4.52 Å². The van der Waals surface area contributed by atoms with Crippen LogP contribution in [-0.4, -0.2) is 69.4 Å². The maximum atomic E-state index is 11.9. The molecular weight excluding hydrogens is 294 g/mol. The Balaban J connectivity index is 1.36. The van der Waals surface area contributed by atoms with Crippen molar-refractivity contribution in [3.63, 3.8) is 0 Å². The van der Waals surface area contributed by atoms with Crippen LogP contribution in [0.1, 0.15) is 18.7 Å². The Morgan fingerprint density at radius 2 is 2.00 bits per heavy atom. The molecule has 0 unspecified atom stereocenters. The molecule has 3 heterocycles. The van der Waals surface area contributed by atoms with Crippen molar-refractivity contribution in [3.8, 4) is 0 Å². The summed E-state index contributed by atoms with van der Waals surface area (Å²) in [6.07, 6.45) is 2.27. The number of hydrogen-bond acceptors (Lipinski definition) is 6. The number of amides is 1. The lowest BCUT2D eigenvalue weighted by atomic mass is 10.3. The monoisotopic (exact) mass is 315 g/mol. The van der Waals surface area contributed by atoms with Gasteiger partial charge in [0.15, 0.2) is 11.5 Å². The minimum atomic E-state index is 0.153. The standard InChI is InChI=1S/C15H21N7O/c1-11-17-18-13-4-5-14(19-22(11)13)21-8-6-20(7-9-21)10-15(23)16-12-2-3-12/h4-5,12H,2-3,6-10H2,1H3,(H,16,23). The van der Waals surface area contributed by atoms with E-state index in [2.05, 4.69) is 30.4 Å². The highest BCUT2D eigenvalue weighted by Crippen LogP contribution is 2.18. The van der Waals surface area contributed by atoms with E-state index in [0.717, 1.165) is 56.3 Å². The molecule has 0 radical (unpaired) electrons. The summed E-state index contributed by atoms with van der Waals surface area (Å²) >= 11 is 0. The molecule has 1 amide bonds. The predicted molar refractivity (Wildman–Crippen MR) is 85.3 cm³/mol. The molecular formula is C15H21N7O. The highest BCUT2D eigenvalue weighted by molar-refractivity contribution is 5.78. The van der Waals surface area contributed by atoms with Gasteiger partial charge in [0, 0.05) is 32.2 Å². The zero-order valence-corrected chi connectivity index (χ0v) is 13.3. The number of hydrogen-bond donors (Lipinski definition) is 1. The van der Waals surface area contributed by atoms with Crippen LogP contribution in [0.5, 0.6) is 0 Å². The first-order valence-electron chi connectivity index (χ1n) is 8.15. The molecule has 1 saturated heterocycles. The van der Waals surface area contributed by atoms with E-state index in [1.54, 1.807) is 4.52 Å². The van der Waals surface area contributed by atoms with E-state index in [9.17, 15) is 4.79 Å². The van der Waals surface area contributed by atoms with Gasteiger partial charge in [0.05, 0.1) is 6.54 Å². The van der Waals surface area contributed by atoms with Gasteiger partial charge in [-0.25, -0.2) is 0 Å². The van der Waals surface area contributed by atoms with Crippen molar-refractivity contribution in [2.24, 2.45) is 0 Å². The molecule has 8 heteroatoms. The molecule has 8 nitrogen and oxygen atoms in total. The lowest BCUT2D eigenvalue weighted by molar-refractivity contribution is -0.122. The highest BCUT2D eigenvalue weighted by Gasteiger charge is 2.25. The molecule has 0 bridgehead atoms. The highest BCUT2D eigenvalue weighted by atomic mass is 16.2. The van der Waals surface area contributed by atoms with Crippen molar-refractivity contribution in [2.75, 3.05) is 37.6 Å². The molecule has 2 aromatic heterocycles. The summed E-state index contributed by atoms with van der Waals surface area (Å²) in [5.74, 6) is 1.88. The molecule has 1 aliphatic heterocycles. The van der Waals surface area contributed by atoms with E-state index in [1.165, 1.54) is 0 Å². The van der Waals surface area contributed by atoms with Crippen LogP contribution in [0.2, 0.25) is 0 Å². The summed E-state index contributed by atoms with van der Waals surface area (Å²) in [6.45, 7) is 5.89. The van der Waals surface area contributed by atoms with Gasteiger partial charge in [-0.1, -0.05) is 0 Å². The fraction of sp³-hybridized carbons (Fsp3) is 0.600. The summed E-state index contributed by atoms with van der Waals surface area (Å²) in [6, 6.07) is 4.36. The van der Waals surface area contributed by atoms with Crippen LogP contribution in [0.3, 0.4) is 0 Å². The van der Waals surface area contributed by atoms with E-state index in [1.807, 2.05) is 19.1 Å². The van der Waals surface area contributed by atoms with Gasteiger partial charge in [0.2, 0.25) is 5.91 Å². The average Bonchev–Trinajstić information content (AvgIpc) is 3.29. The molecule has 2 fully saturated rings. The number of aromatic nitrogens is 4. The van der Waals surface area contributed by atoms with Crippen LogP contribution in [0.4, 0.5) is 5.82 Å². The van der Waals surface area contributed by atoms with E-state index >= 15 is 0 Å². The second kappa shape index (κ2) is 5.77. The van der Waals surface area contributed by atoms with Crippen molar-refractivity contribution in [1.82, 2.24) is 30.0 Å². The fourth-order valence-corrected chi connectivity index (χ4v) is 2.89. The number of rotatable bonds is 4. The minimum Gasteiger partial charge on any atom is -0.353 e. The molecule has 23 heavy (non-hydrogen) atoms. The summed E-state index contributed by atoms with van der Waals surface area (Å²) < 4.78 is 1.77. The van der Waals surface area contributed by atoms with Crippen LogP contribution >= 0.6 is 0 Å². The van der Waals surface area contributed by atoms with Crippen LogP contribution in [0.25, 0.3) is 5.65 Å². The number of piperazine rings is 1. The summed E-state index contributed by atoms with van der Waals surface area (Å²) in [7, 11) is 0. The quantitative estimate of drug-likeness (QED) is 0.844. The minimum absolute atomic E-state index is 0.153. The van der Waals surface area contributed by atoms with Crippen LogP contribution in [0, 0.1) is 6.92 Å². The normalized spacial score (nSPS) is 19.3. The van der Waals surface area contributed by atoms with E-state index in [-0.39, 0.29) is 5.91 Å². The van der Waals surface area contributed by atoms with Crippen LogP contribution in [-0.2, 0) is 4.79 Å². The molecule has 1 aliphatic carbocycles. The first kappa shape index (κ1) is 14.4. The number of carbonyl (C=O) groups is 1. The maximum Gasteiger partial charge on any atom is 0.234 e. The van der Waals surface area contributed by atoms with Crippen LogP contribution in [0.15, 0.2) is 12.1 Å². The molecule has 122 valence electrons. The molecule has 2 aliphatic rings. The zero-order chi connectivity index (χ0) is 15.8. The number of carbonyl (C=O) groups excluding carboxylic acids is 1. The van der Waals surface area contributed by atoms with E-state index < -0.39 is 0 Å². The van der Waals surface area contributed by atoms with Gasteiger partial charge in [0.25, 0.3) is 0 Å². The van der Waals surface area contributed by atoms with Gasteiger partial charge in [0.1, 0.15) is 5.82 Å².